The zero-order valence-corrected chi connectivity index (χ0v) is 12.1. The van der Waals surface area contributed by atoms with Gasteiger partial charge in [-0.05, 0) is 52.3 Å². The highest BCUT2D eigenvalue weighted by atomic mass is 16.7. The van der Waals surface area contributed by atoms with Crippen LogP contribution in [0.5, 0.6) is 0 Å². The maximum atomic E-state index is 5.99. The average molecular weight is 258 g/mol. The van der Waals surface area contributed by atoms with E-state index in [0.29, 0.717) is 0 Å². The van der Waals surface area contributed by atoms with Gasteiger partial charge in [0, 0.05) is 5.39 Å². The molecule has 0 aliphatic carbocycles. The van der Waals surface area contributed by atoms with Gasteiger partial charge in [-0.3, -0.25) is 0 Å². The summed E-state index contributed by atoms with van der Waals surface area (Å²) in [7, 11) is -0.433. The van der Waals surface area contributed by atoms with Gasteiger partial charge in [0.25, 0.3) is 0 Å². The minimum atomic E-state index is -0.433. The Kier molecular flexibility index (Phi) is 2.60. The summed E-state index contributed by atoms with van der Waals surface area (Å²) >= 11 is 0. The van der Waals surface area contributed by atoms with E-state index >= 15 is 0 Å². The molecule has 1 fully saturated rings. The Morgan fingerprint density at radius 2 is 1.58 bits per heavy atom. The van der Waals surface area contributed by atoms with Crippen molar-refractivity contribution in [3.8, 4) is 0 Å². The SMILES string of the molecule is Cc1ccc2cc(B3OC(C)(C)C(C)(C)O3)oc2c1. The maximum absolute atomic E-state index is 5.99. The van der Waals surface area contributed by atoms with Crippen molar-refractivity contribution in [1.82, 2.24) is 0 Å². The van der Waals surface area contributed by atoms with E-state index in [4.69, 9.17) is 13.7 Å². The smallest absolute Gasteiger partial charge is 0.465 e. The van der Waals surface area contributed by atoms with Gasteiger partial charge in [0.2, 0.25) is 0 Å². The van der Waals surface area contributed by atoms with Crippen LogP contribution in [0.2, 0.25) is 0 Å². The molecule has 0 radical (unpaired) electrons. The molecule has 1 aliphatic heterocycles. The number of benzene rings is 1. The van der Waals surface area contributed by atoms with Crippen LogP contribution < -0.4 is 5.66 Å². The summed E-state index contributed by atoms with van der Waals surface area (Å²) < 4.78 is 17.9. The second-order valence-electron chi connectivity index (χ2n) is 6.28. The van der Waals surface area contributed by atoms with Crippen molar-refractivity contribution in [1.29, 1.82) is 0 Å². The molecule has 2 aromatic rings. The third-order valence-corrected chi connectivity index (χ3v) is 4.18. The molecule has 1 aromatic heterocycles. The van der Waals surface area contributed by atoms with Gasteiger partial charge in [-0.2, -0.15) is 0 Å². The Morgan fingerprint density at radius 1 is 0.947 bits per heavy atom. The third kappa shape index (κ3) is 1.99. The first-order valence-electron chi connectivity index (χ1n) is 6.64. The number of rotatable bonds is 1. The van der Waals surface area contributed by atoms with Gasteiger partial charge in [-0.15, -0.1) is 0 Å². The van der Waals surface area contributed by atoms with Gasteiger partial charge in [-0.1, -0.05) is 12.1 Å². The predicted molar refractivity (Wildman–Crippen MR) is 76.7 cm³/mol. The molecule has 1 aliphatic rings. The van der Waals surface area contributed by atoms with Crippen molar-refractivity contribution >= 4 is 23.7 Å². The number of hydrogen-bond acceptors (Lipinski definition) is 3. The molecule has 1 saturated heterocycles. The van der Waals surface area contributed by atoms with Crippen molar-refractivity contribution in [2.45, 2.75) is 45.8 Å². The molecule has 0 spiro atoms. The molecule has 2 heterocycles. The lowest BCUT2D eigenvalue weighted by Gasteiger charge is -2.32. The van der Waals surface area contributed by atoms with Gasteiger partial charge >= 0.3 is 7.12 Å². The second-order valence-corrected chi connectivity index (χ2v) is 6.28. The zero-order chi connectivity index (χ0) is 13.8. The van der Waals surface area contributed by atoms with E-state index < -0.39 is 7.12 Å². The van der Waals surface area contributed by atoms with Crippen LogP contribution in [0.3, 0.4) is 0 Å². The quantitative estimate of drug-likeness (QED) is 0.737. The van der Waals surface area contributed by atoms with E-state index in [9.17, 15) is 0 Å². The Hall–Kier alpha value is -1.26. The van der Waals surface area contributed by atoms with E-state index in [-0.39, 0.29) is 11.2 Å². The van der Waals surface area contributed by atoms with E-state index in [2.05, 4.69) is 19.1 Å². The highest BCUT2D eigenvalue weighted by molar-refractivity contribution is 6.61. The topological polar surface area (TPSA) is 31.6 Å². The zero-order valence-electron chi connectivity index (χ0n) is 12.1. The Morgan fingerprint density at radius 3 is 2.21 bits per heavy atom. The molecule has 100 valence electrons. The highest BCUT2D eigenvalue weighted by Gasteiger charge is 2.53. The van der Waals surface area contributed by atoms with Gasteiger partial charge in [-0.25, -0.2) is 0 Å². The average Bonchev–Trinajstić information content (AvgIpc) is 2.78. The fourth-order valence-corrected chi connectivity index (χ4v) is 2.23. The molecular formula is C15H19BO3. The fraction of sp³-hybridized carbons (Fsp3) is 0.467. The third-order valence-electron chi connectivity index (χ3n) is 4.18. The number of aryl methyl sites for hydroxylation is 1. The van der Waals surface area contributed by atoms with Gasteiger partial charge < -0.3 is 13.7 Å². The Balaban J connectivity index is 1.98. The monoisotopic (exact) mass is 258 g/mol. The van der Waals surface area contributed by atoms with E-state index in [1.165, 1.54) is 5.56 Å². The van der Waals surface area contributed by atoms with E-state index in [0.717, 1.165) is 16.6 Å². The second kappa shape index (κ2) is 3.87. The molecule has 0 amide bonds. The number of fused-ring (bicyclic) bond motifs is 1. The van der Waals surface area contributed by atoms with Crippen molar-refractivity contribution in [3.63, 3.8) is 0 Å². The summed E-state index contributed by atoms with van der Waals surface area (Å²) in [6.07, 6.45) is 0. The molecular weight excluding hydrogens is 239 g/mol. The molecule has 1 aromatic carbocycles. The minimum Gasteiger partial charge on any atom is -0.465 e. The molecule has 0 bridgehead atoms. The molecule has 0 atom stereocenters. The molecule has 4 heteroatoms. The fourth-order valence-electron chi connectivity index (χ4n) is 2.23. The lowest BCUT2D eigenvalue weighted by molar-refractivity contribution is 0.00578. The summed E-state index contributed by atoms with van der Waals surface area (Å²) in [5.74, 6) is 0. The van der Waals surface area contributed by atoms with Gasteiger partial charge in [0.05, 0.1) is 11.2 Å². The normalized spacial score (nSPS) is 21.2. The van der Waals surface area contributed by atoms with Crippen molar-refractivity contribution < 1.29 is 13.7 Å². The van der Waals surface area contributed by atoms with Crippen LogP contribution in [-0.2, 0) is 9.31 Å². The first kappa shape index (κ1) is 12.8. The number of furan rings is 1. The molecule has 19 heavy (non-hydrogen) atoms. The Bertz CT molecular complexity index is 611. The first-order chi connectivity index (χ1) is 8.78. The highest BCUT2D eigenvalue weighted by Crippen LogP contribution is 2.36. The largest absolute Gasteiger partial charge is 0.532 e. The lowest BCUT2D eigenvalue weighted by Crippen LogP contribution is -2.41. The molecule has 0 saturated carbocycles. The van der Waals surface area contributed by atoms with E-state index in [1.54, 1.807) is 0 Å². The van der Waals surface area contributed by atoms with Crippen LogP contribution in [0.4, 0.5) is 0 Å². The van der Waals surface area contributed by atoms with Gasteiger partial charge in [0.1, 0.15) is 11.2 Å². The Labute approximate surface area is 114 Å². The minimum absolute atomic E-state index is 0.341. The van der Waals surface area contributed by atoms with Crippen LogP contribution in [0.1, 0.15) is 33.3 Å². The van der Waals surface area contributed by atoms with Crippen LogP contribution in [0, 0.1) is 6.92 Å². The molecule has 3 rings (SSSR count). The predicted octanol–water partition coefficient (Wildman–Crippen LogP) is 3.04. The van der Waals surface area contributed by atoms with Crippen LogP contribution in [-0.4, -0.2) is 18.3 Å². The van der Waals surface area contributed by atoms with Crippen LogP contribution in [0.15, 0.2) is 28.7 Å². The van der Waals surface area contributed by atoms with Gasteiger partial charge in [0.15, 0.2) is 0 Å². The van der Waals surface area contributed by atoms with Crippen LogP contribution >= 0.6 is 0 Å². The van der Waals surface area contributed by atoms with Crippen molar-refractivity contribution in [2.24, 2.45) is 0 Å². The summed E-state index contributed by atoms with van der Waals surface area (Å²) in [6.45, 7) is 10.2. The maximum Gasteiger partial charge on any atom is 0.532 e. The lowest BCUT2D eigenvalue weighted by atomic mass is 9.86. The molecule has 3 nitrogen and oxygen atoms in total. The van der Waals surface area contributed by atoms with Crippen molar-refractivity contribution in [3.05, 3.63) is 29.8 Å². The molecule has 0 N–H and O–H groups in total. The first-order valence-corrected chi connectivity index (χ1v) is 6.64. The molecule has 0 unspecified atom stereocenters. The summed E-state index contributed by atoms with van der Waals surface area (Å²) in [6, 6.07) is 8.16. The summed E-state index contributed by atoms with van der Waals surface area (Å²) in [4.78, 5) is 0. The van der Waals surface area contributed by atoms with Crippen molar-refractivity contribution in [2.75, 3.05) is 0 Å². The standard InChI is InChI=1S/C15H19BO3/c1-10-6-7-11-9-13(17-12(11)8-10)16-18-14(2,3)15(4,5)19-16/h6-9H,1-5H3. The number of hydrogen-bond donors (Lipinski definition) is 0. The summed E-state index contributed by atoms with van der Waals surface area (Å²) in [5.41, 5.74) is 2.12. The van der Waals surface area contributed by atoms with E-state index in [1.807, 2.05) is 39.8 Å². The van der Waals surface area contributed by atoms with Crippen LogP contribution in [0.25, 0.3) is 11.0 Å². The summed E-state index contributed by atoms with van der Waals surface area (Å²) in [5, 5.41) is 1.08.